The fourth-order valence-corrected chi connectivity index (χ4v) is 3.81. The van der Waals surface area contributed by atoms with Crippen LogP contribution in [0.15, 0.2) is 64.2 Å². The predicted octanol–water partition coefficient (Wildman–Crippen LogP) is 4.02. The highest BCUT2D eigenvalue weighted by Crippen LogP contribution is 2.29. The van der Waals surface area contributed by atoms with Gasteiger partial charge in [0, 0.05) is 5.56 Å². The number of carbonyl (C=O) groups excluding carboxylic acids is 1. The molecule has 2 aromatic carbocycles. The van der Waals surface area contributed by atoms with Crippen LogP contribution in [-0.4, -0.2) is 21.9 Å². The van der Waals surface area contributed by atoms with Crippen LogP contribution in [0.4, 0.5) is 0 Å². The van der Waals surface area contributed by atoms with Gasteiger partial charge in [0.05, 0.1) is 11.8 Å². The predicted molar refractivity (Wildman–Crippen MR) is 101 cm³/mol. The van der Waals surface area contributed by atoms with Crippen LogP contribution in [0.25, 0.3) is 11.5 Å². The van der Waals surface area contributed by atoms with Crippen molar-refractivity contribution in [2.24, 2.45) is 0 Å². The van der Waals surface area contributed by atoms with E-state index in [1.807, 2.05) is 36.4 Å². The second-order valence-electron chi connectivity index (χ2n) is 6.24. The van der Waals surface area contributed by atoms with Crippen LogP contribution in [0.2, 0.25) is 0 Å². The van der Waals surface area contributed by atoms with Gasteiger partial charge in [0.15, 0.2) is 0 Å². The van der Waals surface area contributed by atoms with Crippen molar-refractivity contribution in [3.8, 4) is 11.5 Å². The van der Waals surface area contributed by atoms with Gasteiger partial charge in [0.1, 0.15) is 0 Å². The smallest absolute Gasteiger partial charge is 0.277 e. The third-order valence-corrected chi connectivity index (χ3v) is 5.28. The van der Waals surface area contributed by atoms with E-state index in [-0.39, 0.29) is 17.7 Å². The number of rotatable bonds is 5. The molecule has 132 valence electrons. The Labute approximate surface area is 156 Å². The molecule has 1 aliphatic rings. The molecule has 3 aromatic rings. The molecule has 0 unspecified atom stereocenters. The number of aryl methyl sites for hydroxylation is 1. The van der Waals surface area contributed by atoms with Gasteiger partial charge in [-0.1, -0.05) is 54.2 Å². The lowest BCUT2D eigenvalue weighted by Gasteiger charge is -2.26. The maximum Gasteiger partial charge on any atom is 0.277 e. The number of carbonyl (C=O) groups is 1. The molecule has 1 N–H and O–H groups in total. The third-order valence-electron chi connectivity index (χ3n) is 4.46. The Morgan fingerprint density at radius 2 is 1.92 bits per heavy atom. The average molecular weight is 365 g/mol. The highest BCUT2D eigenvalue weighted by atomic mass is 32.2. The van der Waals surface area contributed by atoms with Crippen LogP contribution >= 0.6 is 11.8 Å². The molecule has 0 bridgehead atoms. The molecular formula is C20H19N3O2S. The Kier molecular flexibility index (Phi) is 5.02. The summed E-state index contributed by atoms with van der Waals surface area (Å²) in [7, 11) is 0. The highest BCUT2D eigenvalue weighted by molar-refractivity contribution is 7.99. The summed E-state index contributed by atoms with van der Waals surface area (Å²) in [5.74, 6) is 0.709. The molecule has 0 radical (unpaired) electrons. The zero-order valence-corrected chi connectivity index (χ0v) is 15.0. The minimum absolute atomic E-state index is 0.0174. The fraction of sp³-hybridized carbons (Fsp3) is 0.250. The van der Waals surface area contributed by atoms with Crippen LogP contribution < -0.4 is 5.32 Å². The Morgan fingerprint density at radius 1 is 1.12 bits per heavy atom. The summed E-state index contributed by atoms with van der Waals surface area (Å²) in [4.78, 5) is 12.3. The van der Waals surface area contributed by atoms with E-state index in [1.54, 1.807) is 0 Å². The lowest BCUT2D eigenvalue weighted by molar-refractivity contribution is -0.119. The van der Waals surface area contributed by atoms with Gasteiger partial charge in [-0.05, 0) is 42.5 Å². The summed E-state index contributed by atoms with van der Waals surface area (Å²) in [5, 5.41) is 11.6. The van der Waals surface area contributed by atoms with Crippen molar-refractivity contribution in [2.75, 3.05) is 5.75 Å². The lowest BCUT2D eigenvalue weighted by Crippen LogP contribution is -2.32. The topological polar surface area (TPSA) is 68.0 Å². The van der Waals surface area contributed by atoms with E-state index in [0.29, 0.717) is 11.1 Å². The monoisotopic (exact) mass is 365 g/mol. The van der Waals surface area contributed by atoms with Gasteiger partial charge in [-0.2, -0.15) is 0 Å². The van der Waals surface area contributed by atoms with Crippen LogP contribution in [0.5, 0.6) is 0 Å². The fourth-order valence-electron chi connectivity index (χ4n) is 3.23. The first-order valence-corrected chi connectivity index (χ1v) is 9.67. The summed E-state index contributed by atoms with van der Waals surface area (Å²) in [5.41, 5.74) is 3.44. The van der Waals surface area contributed by atoms with E-state index < -0.39 is 0 Å². The quantitative estimate of drug-likeness (QED) is 0.692. The molecule has 0 spiro atoms. The largest absolute Gasteiger partial charge is 0.411 e. The molecular weight excluding hydrogens is 346 g/mol. The molecule has 6 heteroatoms. The van der Waals surface area contributed by atoms with E-state index in [1.165, 1.54) is 22.9 Å². The standard InChI is InChI=1S/C20H19N3O2S/c24-18(21-17-12-6-10-14-7-4-5-11-16(14)17)13-26-20-23-22-19(25-20)15-8-2-1-3-9-15/h1-5,7-9,11,17H,6,10,12-13H2,(H,21,24)/t17-/m1/s1. The van der Waals surface area contributed by atoms with Gasteiger partial charge in [0.25, 0.3) is 5.22 Å². The number of amides is 1. The van der Waals surface area contributed by atoms with E-state index in [9.17, 15) is 4.79 Å². The summed E-state index contributed by atoms with van der Waals surface area (Å²) < 4.78 is 5.63. The molecule has 1 aliphatic carbocycles. The molecule has 0 saturated carbocycles. The van der Waals surface area contributed by atoms with Crippen molar-refractivity contribution in [2.45, 2.75) is 30.5 Å². The molecule has 0 saturated heterocycles. The Balaban J connectivity index is 1.35. The highest BCUT2D eigenvalue weighted by Gasteiger charge is 2.21. The van der Waals surface area contributed by atoms with Crippen LogP contribution in [-0.2, 0) is 11.2 Å². The zero-order chi connectivity index (χ0) is 17.8. The van der Waals surface area contributed by atoms with Gasteiger partial charge in [-0.25, -0.2) is 0 Å². The first-order chi connectivity index (χ1) is 12.8. The molecule has 4 rings (SSSR count). The number of hydrogen-bond donors (Lipinski definition) is 1. The molecule has 5 nitrogen and oxygen atoms in total. The second kappa shape index (κ2) is 7.74. The number of nitrogens with zero attached hydrogens (tertiary/aromatic N) is 2. The van der Waals surface area contributed by atoms with E-state index >= 15 is 0 Å². The minimum Gasteiger partial charge on any atom is -0.411 e. The van der Waals surface area contributed by atoms with E-state index in [4.69, 9.17) is 4.42 Å². The van der Waals surface area contributed by atoms with Crippen molar-refractivity contribution in [3.05, 3.63) is 65.7 Å². The first-order valence-electron chi connectivity index (χ1n) is 8.68. The number of aromatic nitrogens is 2. The number of fused-ring (bicyclic) bond motifs is 1. The Bertz CT molecular complexity index is 895. The van der Waals surface area contributed by atoms with Gasteiger partial charge in [0.2, 0.25) is 11.8 Å². The van der Waals surface area contributed by atoms with Crippen molar-refractivity contribution in [1.29, 1.82) is 0 Å². The van der Waals surface area contributed by atoms with Crippen molar-refractivity contribution < 1.29 is 9.21 Å². The molecule has 0 fully saturated rings. The maximum atomic E-state index is 12.3. The lowest BCUT2D eigenvalue weighted by atomic mass is 9.88. The maximum absolute atomic E-state index is 12.3. The van der Waals surface area contributed by atoms with Crippen LogP contribution in [0, 0.1) is 0 Å². The first kappa shape index (κ1) is 16.8. The number of hydrogen-bond acceptors (Lipinski definition) is 5. The molecule has 1 atom stereocenters. The third kappa shape index (κ3) is 3.80. The summed E-state index contributed by atoms with van der Waals surface area (Å²) in [6, 6.07) is 18.0. The summed E-state index contributed by atoms with van der Waals surface area (Å²) in [6.45, 7) is 0. The number of benzene rings is 2. The van der Waals surface area contributed by atoms with E-state index in [2.05, 4.69) is 33.7 Å². The Morgan fingerprint density at radius 3 is 2.81 bits per heavy atom. The van der Waals surface area contributed by atoms with Gasteiger partial charge < -0.3 is 9.73 Å². The zero-order valence-electron chi connectivity index (χ0n) is 14.2. The summed E-state index contributed by atoms with van der Waals surface area (Å²) >= 11 is 1.26. The SMILES string of the molecule is O=C(CSc1nnc(-c2ccccc2)o1)N[C@@H]1CCCc2ccccc21. The molecule has 1 aromatic heterocycles. The molecule has 1 heterocycles. The Hall–Kier alpha value is -2.60. The summed E-state index contributed by atoms with van der Waals surface area (Å²) in [6.07, 6.45) is 3.16. The van der Waals surface area contributed by atoms with Crippen molar-refractivity contribution in [3.63, 3.8) is 0 Å². The molecule has 26 heavy (non-hydrogen) atoms. The molecule has 0 aliphatic heterocycles. The average Bonchev–Trinajstić information content (AvgIpc) is 3.17. The molecule has 1 amide bonds. The van der Waals surface area contributed by atoms with Gasteiger partial charge in [-0.15, -0.1) is 10.2 Å². The van der Waals surface area contributed by atoms with Crippen LogP contribution in [0.1, 0.15) is 30.0 Å². The number of thioether (sulfide) groups is 1. The van der Waals surface area contributed by atoms with Crippen molar-refractivity contribution in [1.82, 2.24) is 15.5 Å². The van der Waals surface area contributed by atoms with E-state index in [0.717, 1.165) is 24.8 Å². The normalized spacial score (nSPS) is 16.1. The van der Waals surface area contributed by atoms with Crippen molar-refractivity contribution >= 4 is 17.7 Å². The number of nitrogens with one attached hydrogen (secondary N) is 1. The van der Waals surface area contributed by atoms with Gasteiger partial charge >= 0.3 is 0 Å². The minimum atomic E-state index is -0.0174. The second-order valence-corrected chi connectivity index (χ2v) is 7.17. The van der Waals surface area contributed by atoms with Gasteiger partial charge in [-0.3, -0.25) is 4.79 Å². The van der Waals surface area contributed by atoms with Crippen LogP contribution in [0.3, 0.4) is 0 Å².